The van der Waals surface area contributed by atoms with Gasteiger partial charge in [-0.1, -0.05) is 0 Å². The minimum atomic E-state index is -5.83. The molecule has 5 nitrogen and oxygen atoms in total. The van der Waals surface area contributed by atoms with Crippen molar-refractivity contribution in [2.24, 2.45) is 0 Å². The standard InChI is InChI=1S/C23H17F9O5/c1-34-10-20(24,25)23(31,32)21(26,27)11-36-14-4-3-12-7-16(19(33)37-18(12)9-14)15-6-5-13(35-2)8-17(15)22(28,29)30/h3-9H,10-11H2,1-2H3. The number of hydrogen-bond donors (Lipinski definition) is 0. The summed E-state index contributed by atoms with van der Waals surface area (Å²) in [5.41, 5.74) is -3.79. The van der Waals surface area contributed by atoms with Crippen molar-refractivity contribution in [3.8, 4) is 22.6 Å². The van der Waals surface area contributed by atoms with Gasteiger partial charge >= 0.3 is 29.6 Å². The number of benzene rings is 2. The van der Waals surface area contributed by atoms with Crippen LogP contribution in [0.15, 0.2) is 51.7 Å². The first kappa shape index (κ1) is 28.2. The van der Waals surface area contributed by atoms with Gasteiger partial charge in [0.05, 0.1) is 18.2 Å². The molecule has 0 aliphatic rings. The third kappa shape index (κ3) is 5.48. The van der Waals surface area contributed by atoms with E-state index in [1.807, 2.05) is 0 Å². The fourth-order valence-electron chi connectivity index (χ4n) is 3.29. The molecule has 0 unspecified atom stereocenters. The molecule has 1 heterocycles. The van der Waals surface area contributed by atoms with E-state index < -0.39 is 65.2 Å². The predicted molar refractivity (Wildman–Crippen MR) is 112 cm³/mol. The van der Waals surface area contributed by atoms with Crippen LogP contribution in [0.25, 0.3) is 22.1 Å². The topological polar surface area (TPSA) is 57.9 Å². The normalized spacial score (nSPS) is 13.2. The Balaban J connectivity index is 1.94. The van der Waals surface area contributed by atoms with Crippen LogP contribution in [0.2, 0.25) is 0 Å². The lowest BCUT2D eigenvalue weighted by atomic mass is 9.99. The van der Waals surface area contributed by atoms with Crippen LogP contribution < -0.4 is 15.1 Å². The van der Waals surface area contributed by atoms with Crippen molar-refractivity contribution in [2.75, 3.05) is 27.4 Å². The minimum absolute atomic E-state index is 0.0228. The van der Waals surface area contributed by atoms with Crippen LogP contribution in [0.5, 0.6) is 11.5 Å². The van der Waals surface area contributed by atoms with Gasteiger partial charge in [-0.25, -0.2) is 4.79 Å². The highest BCUT2D eigenvalue weighted by Crippen LogP contribution is 2.46. The lowest BCUT2D eigenvalue weighted by molar-refractivity contribution is -0.323. The largest absolute Gasteiger partial charge is 0.497 e. The molecule has 0 aliphatic carbocycles. The Bertz CT molecular complexity index is 1330. The van der Waals surface area contributed by atoms with E-state index in [1.165, 1.54) is 6.07 Å². The van der Waals surface area contributed by atoms with Gasteiger partial charge in [-0.05, 0) is 36.4 Å². The van der Waals surface area contributed by atoms with Crippen molar-refractivity contribution < 1.29 is 58.1 Å². The van der Waals surface area contributed by atoms with Crippen LogP contribution in [0.4, 0.5) is 39.5 Å². The zero-order valence-corrected chi connectivity index (χ0v) is 18.9. The van der Waals surface area contributed by atoms with Crippen molar-refractivity contribution >= 4 is 11.0 Å². The summed E-state index contributed by atoms with van der Waals surface area (Å²) in [5, 5.41) is 0.0228. The predicted octanol–water partition coefficient (Wildman–Crippen LogP) is 6.42. The van der Waals surface area contributed by atoms with Crippen molar-refractivity contribution in [2.45, 2.75) is 23.9 Å². The quantitative estimate of drug-likeness (QED) is 0.230. The molecular formula is C23H17F9O5. The lowest BCUT2D eigenvalue weighted by Gasteiger charge is -2.32. The Morgan fingerprint density at radius 2 is 1.38 bits per heavy atom. The maximum Gasteiger partial charge on any atom is 0.417 e. The third-order valence-electron chi connectivity index (χ3n) is 5.19. The number of rotatable bonds is 9. The highest BCUT2D eigenvalue weighted by molar-refractivity contribution is 5.83. The van der Waals surface area contributed by atoms with E-state index >= 15 is 0 Å². The summed E-state index contributed by atoms with van der Waals surface area (Å²) in [4.78, 5) is 12.5. The first-order valence-corrected chi connectivity index (χ1v) is 10.1. The smallest absolute Gasteiger partial charge is 0.417 e. The van der Waals surface area contributed by atoms with Crippen molar-refractivity contribution in [3.05, 3.63) is 58.4 Å². The summed E-state index contributed by atoms with van der Waals surface area (Å²) in [6, 6.07) is 6.77. The van der Waals surface area contributed by atoms with Gasteiger partial charge in [-0.2, -0.15) is 39.5 Å². The first-order valence-electron chi connectivity index (χ1n) is 10.1. The minimum Gasteiger partial charge on any atom is -0.497 e. The molecule has 0 saturated carbocycles. The maximum atomic E-state index is 13.9. The number of methoxy groups -OCH3 is 2. The molecule has 0 amide bonds. The highest BCUT2D eigenvalue weighted by Gasteiger charge is 2.71. The van der Waals surface area contributed by atoms with Gasteiger partial charge in [0, 0.05) is 24.1 Å². The van der Waals surface area contributed by atoms with Crippen molar-refractivity contribution in [1.82, 2.24) is 0 Å². The summed E-state index contributed by atoms with van der Waals surface area (Å²) in [5.74, 6) is -17.1. The number of halogens is 9. The van der Waals surface area contributed by atoms with E-state index in [9.17, 15) is 44.3 Å². The Labute approximate surface area is 202 Å². The molecule has 37 heavy (non-hydrogen) atoms. The van der Waals surface area contributed by atoms with Crippen LogP contribution in [-0.2, 0) is 10.9 Å². The molecule has 0 radical (unpaired) electrons. The average molecular weight is 544 g/mol. The Morgan fingerprint density at radius 3 is 1.97 bits per heavy atom. The zero-order valence-electron chi connectivity index (χ0n) is 18.9. The fourth-order valence-corrected chi connectivity index (χ4v) is 3.29. The van der Waals surface area contributed by atoms with Gasteiger partial charge in [0.25, 0.3) is 0 Å². The highest BCUT2D eigenvalue weighted by atomic mass is 19.4. The molecule has 0 bridgehead atoms. The molecule has 3 rings (SSSR count). The molecule has 0 spiro atoms. The van der Waals surface area contributed by atoms with E-state index in [0.29, 0.717) is 13.2 Å². The number of hydrogen-bond acceptors (Lipinski definition) is 5. The number of alkyl halides is 9. The van der Waals surface area contributed by atoms with E-state index in [0.717, 1.165) is 37.4 Å². The summed E-state index contributed by atoms with van der Waals surface area (Å²) < 4.78 is 141. The lowest BCUT2D eigenvalue weighted by Crippen LogP contribution is -2.58. The molecule has 0 atom stereocenters. The second kappa shape index (κ2) is 9.80. The van der Waals surface area contributed by atoms with Crippen LogP contribution >= 0.6 is 0 Å². The summed E-state index contributed by atoms with van der Waals surface area (Å²) in [7, 11) is 1.78. The van der Waals surface area contributed by atoms with Crippen LogP contribution in [0, 0.1) is 0 Å². The second-order valence-electron chi connectivity index (χ2n) is 7.76. The zero-order chi connectivity index (χ0) is 27.8. The summed E-state index contributed by atoms with van der Waals surface area (Å²) in [6.45, 7) is -4.14. The second-order valence-corrected chi connectivity index (χ2v) is 7.76. The number of fused-ring (bicyclic) bond motifs is 1. The van der Waals surface area contributed by atoms with E-state index in [-0.39, 0.29) is 16.7 Å². The monoisotopic (exact) mass is 544 g/mol. The van der Waals surface area contributed by atoms with Crippen LogP contribution in [0.1, 0.15) is 5.56 Å². The molecule has 2 aromatic carbocycles. The Kier molecular flexibility index (Phi) is 7.46. The van der Waals surface area contributed by atoms with E-state index in [4.69, 9.17) is 9.15 Å². The molecule has 202 valence electrons. The van der Waals surface area contributed by atoms with Crippen molar-refractivity contribution in [1.29, 1.82) is 0 Å². The van der Waals surface area contributed by atoms with Gasteiger partial charge in [0.1, 0.15) is 23.7 Å². The fraction of sp³-hybridized carbons (Fsp3) is 0.348. The van der Waals surface area contributed by atoms with Gasteiger partial charge in [-0.3, -0.25) is 0 Å². The molecule has 0 fully saturated rings. The van der Waals surface area contributed by atoms with Gasteiger partial charge in [-0.15, -0.1) is 0 Å². The molecule has 1 aromatic heterocycles. The molecule has 3 aromatic rings. The molecule has 0 N–H and O–H groups in total. The summed E-state index contributed by atoms with van der Waals surface area (Å²) >= 11 is 0. The third-order valence-corrected chi connectivity index (χ3v) is 5.19. The van der Waals surface area contributed by atoms with Gasteiger partial charge in [0.15, 0.2) is 6.61 Å². The molecule has 0 aliphatic heterocycles. The van der Waals surface area contributed by atoms with Crippen LogP contribution in [-0.4, -0.2) is 45.2 Å². The van der Waals surface area contributed by atoms with Gasteiger partial charge in [0.2, 0.25) is 0 Å². The SMILES string of the molecule is COCC(F)(F)C(F)(F)C(F)(F)COc1ccc2cc(-c3ccc(OC)cc3C(F)(F)F)c(=O)oc2c1. The molecule has 14 heteroatoms. The van der Waals surface area contributed by atoms with Gasteiger partial charge < -0.3 is 18.6 Å². The van der Waals surface area contributed by atoms with Crippen molar-refractivity contribution in [3.63, 3.8) is 0 Å². The molecule has 0 saturated heterocycles. The molecular weight excluding hydrogens is 527 g/mol. The number of ether oxygens (including phenoxy) is 3. The first-order chi connectivity index (χ1) is 17.0. The van der Waals surface area contributed by atoms with Crippen LogP contribution in [0.3, 0.4) is 0 Å². The Morgan fingerprint density at radius 1 is 0.757 bits per heavy atom. The Hall–Kier alpha value is -3.42. The summed E-state index contributed by atoms with van der Waals surface area (Å²) in [6.07, 6.45) is -4.86. The average Bonchev–Trinajstić information content (AvgIpc) is 2.81. The van der Waals surface area contributed by atoms with E-state index in [1.54, 1.807) is 0 Å². The van der Waals surface area contributed by atoms with E-state index in [2.05, 4.69) is 9.47 Å². The maximum absolute atomic E-state index is 13.9.